The lowest BCUT2D eigenvalue weighted by Crippen LogP contribution is -2.42. The molecule has 1 aromatic carbocycles. The monoisotopic (exact) mass is 409 g/mol. The summed E-state index contributed by atoms with van der Waals surface area (Å²) in [6.45, 7) is 4.96. The van der Waals surface area contributed by atoms with Crippen molar-refractivity contribution < 1.29 is 27.2 Å². The van der Waals surface area contributed by atoms with Gasteiger partial charge in [-0.3, -0.25) is 4.79 Å². The number of hydrogen-bond acceptors (Lipinski definition) is 6. The first-order valence-electron chi connectivity index (χ1n) is 8.46. The van der Waals surface area contributed by atoms with E-state index in [2.05, 4.69) is 20.6 Å². The molecule has 0 aliphatic heterocycles. The second-order valence-corrected chi connectivity index (χ2v) is 6.75. The van der Waals surface area contributed by atoms with Crippen molar-refractivity contribution in [2.45, 2.75) is 32.5 Å². The van der Waals surface area contributed by atoms with Crippen LogP contribution in [-0.4, -0.2) is 32.9 Å². The molecule has 0 aliphatic rings. The van der Waals surface area contributed by atoms with E-state index in [0.29, 0.717) is 5.89 Å². The predicted octanol–water partition coefficient (Wildman–Crippen LogP) is 3.26. The molecule has 0 aliphatic carbocycles. The fraction of sp³-hybridized carbons (Fsp3) is 0.333. The molecule has 0 spiro atoms. The second kappa shape index (κ2) is 7.22. The van der Waals surface area contributed by atoms with Crippen LogP contribution in [0.2, 0.25) is 0 Å². The van der Waals surface area contributed by atoms with Crippen molar-refractivity contribution in [1.82, 2.24) is 25.2 Å². The van der Waals surface area contributed by atoms with E-state index in [1.165, 1.54) is 25.4 Å². The average molecular weight is 409 g/mol. The number of aromatic nitrogens is 4. The zero-order chi connectivity index (χ0) is 21.4. The number of rotatable bonds is 5. The van der Waals surface area contributed by atoms with Crippen molar-refractivity contribution in [3.8, 4) is 11.4 Å². The average Bonchev–Trinajstić information content (AvgIpc) is 3.27. The number of carbonyl (C=O) groups is 1. The Morgan fingerprint density at radius 1 is 1.28 bits per heavy atom. The Hall–Kier alpha value is -3.37. The van der Waals surface area contributed by atoms with Gasteiger partial charge in [-0.05, 0) is 32.0 Å². The molecule has 0 saturated heterocycles. The Kier molecular flexibility index (Phi) is 5.07. The van der Waals surface area contributed by atoms with Gasteiger partial charge < -0.3 is 14.6 Å². The van der Waals surface area contributed by atoms with Crippen LogP contribution in [0.3, 0.4) is 0 Å². The molecule has 1 amide bonds. The Morgan fingerprint density at radius 3 is 2.59 bits per heavy atom. The van der Waals surface area contributed by atoms with Gasteiger partial charge in [0.05, 0.1) is 30.1 Å². The van der Waals surface area contributed by atoms with Crippen LogP contribution < -0.4 is 10.1 Å². The molecule has 0 saturated carbocycles. The summed E-state index contributed by atoms with van der Waals surface area (Å²) in [4.78, 5) is 16.9. The Labute approximate surface area is 163 Å². The SMILES string of the molecule is COc1cn(-c2cccc(C(F)(F)F)c2)nc1C(=O)NC(C)(C)c1noc(C)n1. The number of methoxy groups -OCH3 is 1. The van der Waals surface area contributed by atoms with E-state index in [9.17, 15) is 18.0 Å². The predicted molar refractivity (Wildman–Crippen MR) is 94.6 cm³/mol. The smallest absolute Gasteiger partial charge is 0.416 e. The molecule has 3 aromatic rings. The van der Waals surface area contributed by atoms with Gasteiger partial charge in [-0.1, -0.05) is 11.2 Å². The molecule has 2 heterocycles. The summed E-state index contributed by atoms with van der Waals surface area (Å²) in [7, 11) is 1.33. The third-order valence-electron chi connectivity index (χ3n) is 4.07. The molecule has 0 radical (unpaired) electrons. The summed E-state index contributed by atoms with van der Waals surface area (Å²) in [5.41, 5.74) is -1.78. The van der Waals surface area contributed by atoms with Crippen LogP contribution in [0.25, 0.3) is 5.69 Å². The molecule has 11 heteroatoms. The number of halogens is 3. The van der Waals surface area contributed by atoms with E-state index in [1.807, 2.05) is 0 Å². The zero-order valence-electron chi connectivity index (χ0n) is 16.0. The number of hydrogen-bond donors (Lipinski definition) is 1. The largest absolute Gasteiger partial charge is 0.493 e. The summed E-state index contributed by atoms with van der Waals surface area (Å²) >= 11 is 0. The second-order valence-electron chi connectivity index (χ2n) is 6.75. The molecule has 2 aromatic heterocycles. The van der Waals surface area contributed by atoms with Gasteiger partial charge in [0.2, 0.25) is 5.89 Å². The highest BCUT2D eigenvalue weighted by atomic mass is 19.4. The Bertz CT molecular complexity index is 1040. The third-order valence-corrected chi connectivity index (χ3v) is 4.07. The van der Waals surface area contributed by atoms with Crippen LogP contribution in [0.15, 0.2) is 35.0 Å². The Balaban J connectivity index is 1.91. The van der Waals surface area contributed by atoms with Gasteiger partial charge in [0.1, 0.15) is 0 Å². The molecular formula is C18H18F3N5O3. The minimum atomic E-state index is -4.50. The van der Waals surface area contributed by atoms with Crippen LogP contribution in [0.4, 0.5) is 13.2 Å². The summed E-state index contributed by atoms with van der Waals surface area (Å²) in [6.07, 6.45) is -3.17. The van der Waals surface area contributed by atoms with Crippen molar-refractivity contribution in [2.75, 3.05) is 7.11 Å². The van der Waals surface area contributed by atoms with Crippen molar-refractivity contribution >= 4 is 5.91 Å². The van der Waals surface area contributed by atoms with Gasteiger partial charge in [-0.2, -0.15) is 23.3 Å². The van der Waals surface area contributed by atoms with Crippen LogP contribution in [0.5, 0.6) is 5.75 Å². The number of nitrogens with one attached hydrogen (secondary N) is 1. The molecule has 0 unspecified atom stereocenters. The number of amides is 1. The van der Waals surface area contributed by atoms with Gasteiger partial charge in [0, 0.05) is 6.92 Å². The fourth-order valence-electron chi connectivity index (χ4n) is 2.57. The topological polar surface area (TPSA) is 95.1 Å². The number of ether oxygens (including phenoxy) is 1. The molecule has 154 valence electrons. The fourth-order valence-corrected chi connectivity index (χ4v) is 2.57. The van der Waals surface area contributed by atoms with Crippen molar-refractivity contribution in [3.05, 3.63) is 53.4 Å². The highest BCUT2D eigenvalue weighted by Crippen LogP contribution is 2.31. The molecule has 0 bridgehead atoms. The quantitative estimate of drug-likeness (QED) is 0.695. The van der Waals surface area contributed by atoms with E-state index in [-0.39, 0.29) is 23.0 Å². The lowest BCUT2D eigenvalue weighted by Gasteiger charge is -2.21. The van der Waals surface area contributed by atoms with E-state index in [1.54, 1.807) is 20.8 Å². The lowest BCUT2D eigenvalue weighted by molar-refractivity contribution is -0.137. The first-order valence-corrected chi connectivity index (χ1v) is 8.46. The first-order chi connectivity index (χ1) is 13.5. The van der Waals surface area contributed by atoms with Gasteiger partial charge in [-0.25, -0.2) is 4.68 Å². The number of benzene rings is 1. The van der Waals surface area contributed by atoms with Crippen molar-refractivity contribution in [3.63, 3.8) is 0 Å². The molecule has 8 nitrogen and oxygen atoms in total. The molecule has 0 atom stereocenters. The van der Waals surface area contributed by atoms with E-state index < -0.39 is 23.2 Å². The molecule has 0 fully saturated rings. The zero-order valence-corrected chi connectivity index (χ0v) is 16.0. The highest BCUT2D eigenvalue weighted by molar-refractivity contribution is 5.95. The first kappa shape index (κ1) is 20.4. The van der Waals surface area contributed by atoms with Gasteiger partial charge in [0.15, 0.2) is 17.3 Å². The number of alkyl halides is 3. The van der Waals surface area contributed by atoms with Crippen LogP contribution in [0.1, 0.15) is 41.6 Å². The minimum Gasteiger partial charge on any atom is -0.493 e. The molecule has 3 rings (SSSR count). The maximum Gasteiger partial charge on any atom is 0.416 e. The van der Waals surface area contributed by atoms with Gasteiger partial charge in [-0.15, -0.1) is 0 Å². The number of aryl methyl sites for hydroxylation is 1. The highest BCUT2D eigenvalue weighted by Gasteiger charge is 2.32. The number of carbonyl (C=O) groups excluding carboxylic acids is 1. The standard InChI is InChI=1S/C18H18F3N5O3/c1-10-22-16(25-29-10)17(2,3)23-15(27)14-13(28-4)9-26(24-14)12-7-5-6-11(8-12)18(19,20)21/h5-9H,1-4H3,(H,23,27). The number of nitrogens with zero attached hydrogens (tertiary/aromatic N) is 4. The normalized spacial score (nSPS) is 12.1. The lowest BCUT2D eigenvalue weighted by atomic mass is 10.0. The van der Waals surface area contributed by atoms with Crippen LogP contribution in [0, 0.1) is 6.92 Å². The molecule has 29 heavy (non-hydrogen) atoms. The van der Waals surface area contributed by atoms with E-state index in [4.69, 9.17) is 9.26 Å². The summed E-state index contributed by atoms with van der Waals surface area (Å²) in [5, 5.41) is 10.6. The summed E-state index contributed by atoms with van der Waals surface area (Å²) < 4.78 is 50.2. The van der Waals surface area contributed by atoms with E-state index >= 15 is 0 Å². The van der Waals surface area contributed by atoms with Gasteiger partial charge >= 0.3 is 6.18 Å². The maximum absolute atomic E-state index is 13.0. The van der Waals surface area contributed by atoms with Crippen LogP contribution in [-0.2, 0) is 11.7 Å². The summed E-state index contributed by atoms with van der Waals surface area (Å²) in [5.74, 6) is 0.0911. The molecule has 1 N–H and O–H groups in total. The van der Waals surface area contributed by atoms with Gasteiger partial charge in [0.25, 0.3) is 5.91 Å². The van der Waals surface area contributed by atoms with Crippen molar-refractivity contribution in [2.24, 2.45) is 0 Å². The maximum atomic E-state index is 13.0. The van der Waals surface area contributed by atoms with Crippen molar-refractivity contribution in [1.29, 1.82) is 0 Å². The Morgan fingerprint density at radius 2 is 2.00 bits per heavy atom. The third kappa shape index (κ3) is 4.23. The molecular weight excluding hydrogens is 391 g/mol. The minimum absolute atomic E-state index is 0.0972. The van der Waals surface area contributed by atoms with E-state index in [0.717, 1.165) is 16.8 Å². The summed E-state index contributed by atoms with van der Waals surface area (Å²) in [6, 6.07) is 4.58. The van der Waals surface area contributed by atoms with Crippen LogP contribution >= 0.6 is 0 Å².